The maximum atomic E-state index is 12.4. The highest BCUT2D eigenvalue weighted by molar-refractivity contribution is 5.79. The summed E-state index contributed by atoms with van der Waals surface area (Å²) >= 11 is 0. The summed E-state index contributed by atoms with van der Waals surface area (Å²) in [6, 6.07) is 6.22. The molecule has 7 heteroatoms. The minimum atomic E-state index is 0.153. The number of hydrogen-bond acceptors (Lipinski definition) is 5. The highest BCUT2D eigenvalue weighted by Crippen LogP contribution is 2.37. The number of carbonyl (C=O) groups excluding carboxylic acids is 1. The van der Waals surface area contributed by atoms with Crippen LogP contribution in [0.3, 0.4) is 0 Å². The molecule has 7 nitrogen and oxygen atoms in total. The molecule has 2 aromatic rings. The van der Waals surface area contributed by atoms with Crippen molar-refractivity contribution in [3.05, 3.63) is 30.6 Å². The number of hydrogen-bond donors (Lipinski definition) is 0. The summed E-state index contributed by atoms with van der Waals surface area (Å²) in [5.74, 6) is 0.912. The van der Waals surface area contributed by atoms with Gasteiger partial charge in [-0.15, -0.1) is 5.10 Å². The van der Waals surface area contributed by atoms with E-state index in [0.717, 1.165) is 43.9 Å². The van der Waals surface area contributed by atoms with Crippen LogP contribution in [-0.4, -0.2) is 68.9 Å². The van der Waals surface area contributed by atoms with Gasteiger partial charge in [0.1, 0.15) is 5.69 Å². The fourth-order valence-corrected chi connectivity index (χ4v) is 4.17. The lowest BCUT2D eigenvalue weighted by Gasteiger charge is -2.49. The van der Waals surface area contributed by atoms with Gasteiger partial charge in [-0.1, -0.05) is 11.3 Å². The summed E-state index contributed by atoms with van der Waals surface area (Å²) in [6.07, 6.45) is 5.91. The zero-order valence-corrected chi connectivity index (χ0v) is 14.7. The Morgan fingerprint density at radius 3 is 2.88 bits per heavy atom. The molecule has 5 rings (SSSR count). The molecule has 0 N–H and O–H groups in total. The number of piperidine rings is 3. The molecular weight excluding hydrogens is 316 g/mol. The van der Waals surface area contributed by atoms with Gasteiger partial charge in [0, 0.05) is 32.9 Å². The molecule has 1 amide bonds. The first kappa shape index (κ1) is 16.2. The molecule has 3 aliphatic rings. The molecule has 0 radical (unpaired) electrons. The van der Waals surface area contributed by atoms with Gasteiger partial charge in [0.25, 0.3) is 0 Å². The van der Waals surface area contributed by atoms with Crippen LogP contribution in [0, 0.1) is 11.8 Å². The number of fused-ring (bicyclic) bond motifs is 3. The molecule has 5 heterocycles. The zero-order valence-electron chi connectivity index (χ0n) is 14.7. The van der Waals surface area contributed by atoms with Crippen molar-refractivity contribution in [2.75, 3.05) is 27.2 Å². The van der Waals surface area contributed by atoms with E-state index in [1.807, 2.05) is 43.2 Å². The number of nitrogens with zero attached hydrogens (tertiary/aromatic N) is 6. The van der Waals surface area contributed by atoms with E-state index in [0.29, 0.717) is 12.0 Å². The molecule has 25 heavy (non-hydrogen) atoms. The first-order valence-electron chi connectivity index (χ1n) is 8.88. The van der Waals surface area contributed by atoms with Crippen LogP contribution in [-0.2, 0) is 11.3 Å². The number of carbonyl (C=O) groups is 1. The van der Waals surface area contributed by atoms with Gasteiger partial charge in [0.15, 0.2) is 0 Å². The van der Waals surface area contributed by atoms with Crippen LogP contribution < -0.4 is 0 Å². The van der Waals surface area contributed by atoms with Crippen molar-refractivity contribution in [3.8, 4) is 11.4 Å². The smallest absolute Gasteiger partial charge is 0.226 e. The first-order valence-corrected chi connectivity index (χ1v) is 8.88. The van der Waals surface area contributed by atoms with Crippen molar-refractivity contribution < 1.29 is 4.79 Å². The average molecular weight is 340 g/mol. The van der Waals surface area contributed by atoms with Crippen molar-refractivity contribution in [3.63, 3.8) is 0 Å². The van der Waals surface area contributed by atoms with Crippen molar-refractivity contribution in [1.82, 2.24) is 29.8 Å². The summed E-state index contributed by atoms with van der Waals surface area (Å²) < 4.78 is 1.91. The van der Waals surface area contributed by atoms with Crippen LogP contribution in [0.2, 0.25) is 0 Å². The Labute approximate surface area is 147 Å². The van der Waals surface area contributed by atoms with Gasteiger partial charge in [-0.2, -0.15) is 0 Å². The van der Waals surface area contributed by atoms with E-state index >= 15 is 0 Å². The van der Waals surface area contributed by atoms with Crippen LogP contribution in [0.5, 0.6) is 0 Å². The van der Waals surface area contributed by atoms with Gasteiger partial charge in [-0.3, -0.25) is 19.4 Å². The Bertz CT molecular complexity index is 743. The predicted octanol–water partition coefficient (Wildman–Crippen LogP) is 1.14. The SMILES string of the molecule is CN(C)C(=O)[C@@H]1CN2CC[C@@H]1C[C@@H]2Cn1cc(-c2ccccn2)nn1. The number of rotatable bonds is 4. The Morgan fingerprint density at radius 1 is 1.32 bits per heavy atom. The fourth-order valence-electron chi connectivity index (χ4n) is 4.17. The van der Waals surface area contributed by atoms with E-state index in [4.69, 9.17) is 0 Å². The lowest BCUT2D eigenvalue weighted by atomic mass is 9.75. The van der Waals surface area contributed by atoms with E-state index in [2.05, 4.69) is 20.2 Å². The third-order valence-corrected chi connectivity index (χ3v) is 5.50. The van der Waals surface area contributed by atoms with Crippen molar-refractivity contribution >= 4 is 5.91 Å². The monoisotopic (exact) mass is 340 g/mol. The molecule has 3 saturated heterocycles. The van der Waals surface area contributed by atoms with Crippen LogP contribution in [0.4, 0.5) is 0 Å². The maximum absolute atomic E-state index is 12.4. The highest BCUT2D eigenvalue weighted by Gasteiger charge is 2.43. The molecule has 2 bridgehead atoms. The minimum absolute atomic E-state index is 0.153. The molecule has 3 fully saturated rings. The molecule has 1 unspecified atom stereocenters. The zero-order chi connectivity index (χ0) is 17.4. The van der Waals surface area contributed by atoms with Gasteiger partial charge < -0.3 is 4.90 Å². The highest BCUT2D eigenvalue weighted by atomic mass is 16.2. The fraction of sp³-hybridized carbons (Fsp3) is 0.556. The Kier molecular flexibility index (Phi) is 4.25. The van der Waals surface area contributed by atoms with Gasteiger partial charge in [0.05, 0.1) is 24.4 Å². The Morgan fingerprint density at radius 2 is 2.20 bits per heavy atom. The van der Waals surface area contributed by atoms with Crippen LogP contribution in [0.15, 0.2) is 30.6 Å². The Balaban J connectivity index is 1.43. The summed E-state index contributed by atoms with van der Waals surface area (Å²) in [5, 5.41) is 8.53. The summed E-state index contributed by atoms with van der Waals surface area (Å²) in [7, 11) is 3.71. The third-order valence-electron chi connectivity index (χ3n) is 5.50. The van der Waals surface area contributed by atoms with E-state index in [-0.39, 0.29) is 11.8 Å². The molecule has 132 valence electrons. The van der Waals surface area contributed by atoms with Gasteiger partial charge in [0.2, 0.25) is 5.91 Å². The summed E-state index contributed by atoms with van der Waals surface area (Å²) in [4.78, 5) is 20.9. The van der Waals surface area contributed by atoms with Crippen molar-refractivity contribution in [1.29, 1.82) is 0 Å². The van der Waals surface area contributed by atoms with Crippen LogP contribution in [0.25, 0.3) is 11.4 Å². The molecule has 3 aliphatic heterocycles. The van der Waals surface area contributed by atoms with Crippen molar-refractivity contribution in [2.24, 2.45) is 11.8 Å². The van der Waals surface area contributed by atoms with Crippen molar-refractivity contribution in [2.45, 2.75) is 25.4 Å². The van der Waals surface area contributed by atoms with E-state index in [1.165, 1.54) is 0 Å². The second-order valence-electron chi connectivity index (χ2n) is 7.31. The van der Waals surface area contributed by atoms with Gasteiger partial charge in [-0.05, 0) is 37.4 Å². The van der Waals surface area contributed by atoms with E-state index in [1.54, 1.807) is 11.1 Å². The second kappa shape index (κ2) is 6.55. The topological polar surface area (TPSA) is 67.2 Å². The summed E-state index contributed by atoms with van der Waals surface area (Å²) in [5.41, 5.74) is 1.65. The van der Waals surface area contributed by atoms with Gasteiger partial charge >= 0.3 is 0 Å². The number of pyridine rings is 1. The lowest BCUT2D eigenvalue weighted by Crippen LogP contribution is -2.57. The Hall–Kier alpha value is -2.28. The summed E-state index contributed by atoms with van der Waals surface area (Å²) in [6.45, 7) is 2.77. The largest absolute Gasteiger partial charge is 0.349 e. The molecule has 0 aliphatic carbocycles. The first-order chi connectivity index (χ1) is 12.1. The normalized spacial score (nSPS) is 28.1. The lowest BCUT2D eigenvalue weighted by molar-refractivity contribution is -0.141. The maximum Gasteiger partial charge on any atom is 0.226 e. The van der Waals surface area contributed by atoms with E-state index < -0.39 is 0 Å². The quantitative estimate of drug-likeness (QED) is 0.835. The third kappa shape index (κ3) is 3.16. The second-order valence-corrected chi connectivity index (χ2v) is 7.31. The molecular formula is C18H24N6O. The van der Waals surface area contributed by atoms with Crippen LogP contribution in [0.1, 0.15) is 12.8 Å². The average Bonchev–Trinajstić information content (AvgIpc) is 3.11. The van der Waals surface area contributed by atoms with E-state index in [9.17, 15) is 4.79 Å². The standard InChI is InChI=1S/C18H24N6O/c1-22(2)18(25)15-11-23-8-6-13(15)9-14(23)10-24-12-17(20-21-24)16-5-3-4-7-19-16/h3-5,7,12-15H,6,8-11H2,1-2H3/t13-,14-,15-/m1/s1. The minimum Gasteiger partial charge on any atom is -0.349 e. The molecule has 0 saturated carbocycles. The molecule has 0 spiro atoms. The predicted molar refractivity (Wildman–Crippen MR) is 93.5 cm³/mol. The number of aromatic nitrogens is 4. The molecule has 2 aromatic heterocycles. The van der Waals surface area contributed by atoms with Crippen LogP contribution >= 0.6 is 0 Å². The van der Waals surface area contributed by atoms with Gasteiger partial charge in [-0.25, -0.2) is 0 Å². The molecule has 4 atom stereocenters. The molecule has 0 aromatic carbocycles. The number of amides is 1.